The molecule has 0 amide bonds. The van der Waals surface area contributed by atoms with E-state index >= 15 is 0 Å². The van der Waals surface area contributed by atoms with Crippen LogP contribution in [-0.4, -0.2) is 17.9 Å². The predicted molar refractivity (Wildman–Crippen MR) is 80.2 cm³/mol. The number of hydrogen-bond acceptors (Lipinski definition) is 2. The summed E-state index contributed by atoms with van der Waals surface area (Å²) in [5.41, 5.74) is 2.86. The highest BCUT2D eigenvalue weighted by Gasteiger charge is 2.13. The maximum atomic E-state index is 13.0. The average Bonchev–Trinajstić information content (AvgIpc) is 2.86. The van der Waals surface area contributed by atoms with Crippen LogP contribution in [0.3, 0.4) is 0 Å². The second-order valence-corrected chi connectivity index (χ2v) is 4.68. The number of halogens is 1. The fraction of sp³-hybridized carbons (Fsp3) is 0.118. The zero-order valence-electron chi connectivity index (χ0n) is 11.5. The molecule has 0 aliphatic carbocycles. The average molecular weight is 283 g/mol. The van der Waals surface area contributed by atoms with E-state index in [1.807, 2.05) is 25.1 Å². The topological polar surface area (TPSA) is 42.1 Å². The molecule has 106 valence electrons. The van der Waals surface area contributed by atoms with Gasteiger partial charge in [0.25, 0.3) is 0 Å². The van der Waals surface area contributed by atoms with Crippen LogP contribution in [0, 0.1) is 5.82 Å². The van der Waals surface area contributed by atoms with Gasteiger partial charge in [-0.25, -0.2) is 4.39 Å². The quantitative estimate of drug-likeness (QED) is 0.730. The van der Waals surface area contributed by atoms with Crippen molar-refractivity contribution in [1.82, 2.24) is 4.98 Å². The zero-order valence-corrected chi connectivity index (χ0v) is 11.5. The van der Waals surface area contributed by atoms with Crippen LogP contribution < -0.4 is 4.74 Å². The molecule has 1 N–H and O–H groups in total. The van der Waals surface area contributed by atoms with E-state index in [2.05, 4.69) is 4.98 Å². The summed E-state index contributed by atoms with van der Waals surface area (Å²) in [4.78, 5) is 14.7. The van der Waals surface area contributed by atoms with Gasteiger partial charge in [-0.1, -0.05) is 0 Å². The Morgan fingerprint density at radius 1 is 1.19 bits per heavy atom. The molecule has 0 unspecified atom stereocenters. The summed E-state index contributed by atoms with van der Waals surface area (Å²) in [6, 6.07) is 11.6. The molecule has 4 heteroatoms. The Hall–Kier alpha value is -2.62. The highest BCUT2D eigenvalue weighted by molar-refractivity contribution is 6.04. The third kappa shape index (κ3) is 2.40. The van der Waals surface area contributed by atoms with E-state index in [0.29, 0.717) is 17.9 Å². The Morgan fingerprint density at radius 2 is 1.95 bits per heavy atom. The van der Waals surface area contributed by atoms with Crippen LogP contribution in [0.5, 0.6) is 5.75 Å². The number of carbonyl (C=O) groups is 1. The van der Waals surface area contributed by atoms with Crippen molar-refractivity contribution in [3.8, 4) is 17.0 Å². The molecule has 0 bridgehead atoms. The van der Waals surface area contributed by atoms with Crippen molar-refractivity contribution in [1.29, 1.82) is 0 Å². The molecule has 0 atom stereocenters. The molecule has 0 saturated carbocycles. The lowest BCUT2D eigenvalue weighted by molar-refractivity contribution is 0.112. The van der Waals surface area contributed by atoms with E-state index < -0.39 is 0 Å². The van der Waals surface area contributed by atoms with Gasteiger partial charge in [0.1, 0.15) is 11.6 Å². The second-order valence-electron chi connectivity index (χ2n) is 4.68. The molecule has 0 aliphatic heterocycles. The number of aldehydes is 1. The van der Waals surface area contributed by atoms with Crippen molar-refractivity contribution in [3.63, 3.8) is 0 Å². The van der Waals surface area contributed by atoms with Gasteiger partial charge in [-0.2, -0.15) is 0 Å². The molecule has 0 spiro atoms. The number of ether oxygens (including phenoxy) is 1. The minimum absolute atomic E-state index is 0.304. The lowest BCUT2D eigenvalue weighted by atomic mass is 10.1. The van der Waals surface area contributed by atoms with Crippen molar-refractivity contribution in [2.75, 3.05) is 6.61 Å². The number of aromatic nitrogens is 1. The standard InChI is InChI=1S/C17H14FNO2/c1-2-21-13-7-8-16-14(9-13)15(10-20)17(19-16)11-3-5-12(18)6-4-11/h3-10,19H,2H2,1H3. The highest BCUT2D eigenvalue weighted by atomic mass is 19.1. The Bertz CT molecular complexity index is 790. The summed E-state index contributed by atoms with van der Waals surface area (Å²) in [5, 5.41) is 0.801. The third-order valence-electron chi connectivity index (χ3n) is 3.37. The van der Waals surface area contributed by atoms with E-state index in [9.17, 15) is 9.18 Å². The molecular formula is C17H14FNO2. The number of aromatic amines is 1. The van der Waals surface area contributed by atoms with Crippen LogP contribution in [0.2, 0.25) is 0 Å². The fourth-order valence-corrected chi connectivity index (χ4v) is 2.41. The molecule has 21 heavy (non-hydrogen) atoms. The molecule has 0 radical (unpaired) electrons. The number of rotatable bonds is 4. The van der Waals surface area contributed by atoms with Crippen LogP contribution in [-0.2, 0) is 0 Å². The van der Waals surface area contributed by atoms with Crippen molar-refractivity contribution in [3.05, 3.63) is 53.8 Å². The van der Waals surface area contributed by atoms with Crippen LogP contribution >= 0.6 is 0 Å². The Kier molecular flexibility index (Phi) is 3.44. The van der Waals surface area contributed by atoms with Crippen LogP contribution in [0.15, 0.2) is 42.5 Å². The molecule has 1 aromatic heterocycles. The normalized spacial score (nSPS) is 10.8. The number of benzene rings is 2. The Labute approximate surface area is 121 Å². The van der Waals surface area contributed by atoms with Gasteiger partial charge in [0, 0.05) is 16.5 Å². The smallest absolute Gasteiger partial charge is 0.152 e. The van der Waals surface area contributed by atoms with E-state index in [1.165, 1.54) is 12.1 Å². The van der Waals surface area contributed by atoms with Crippen molar-refractivity contribution >= 4 is 17.2 Å². The van der Waals surface area contributed by atoms with Crippen LogP contribution in [0.25, 0.3) is 22.2 Å². The van der Waals surface area contributed by atoms with Gasteiger partial charge in [0.15, 0.2) is 6.29 Å². The fourth-order valence-electron chi connectivity index (χ4n) is 2.41. The molecule has 3 rings (SSSR count). The van der Waals surface area contributed by atoms with Crippen molar-refractivity contribution < 1.29 is 13.9 Å². The first kappa shape index (κ1) is 13.4. The number of fused-ring (bicyclic) bond motifs is 1. The van der Waals surface area contributed by atoms with Crippen molar-refractivity contribution in [2.45, 2.75) is 6.92 Å². The van der Waals surface area contributed by atoms with E-state index in [4.69, 9.17) is 4.74 Å². The van der Waals surface area contributed by atoms with E-state index in [-0.39, 0.29) is 5.82 Å². The molecule has 3 aromatic rings. The maximum absolute atomic E-state index is 13.0. The minimum atomic E-state index is -0.304. The number of H-pyrrole nitrogens is 1. The maximum Gasteiger partial charge on any atom is 0.152 e. The SMILES string of the molecule is CCOc1ccc2[nH]c(-c3ccc(F)cc3)c(C=O)c2c1. The summed E-state index contributed by atoms with van der Waals surface area (Å²) in [5.74, 6) is 0.416. The molecular weight excluding hydrogens is 269 g/mol. The lowest BCUT2D eigenvalue weighted by Crippen LogP contribution is -1.90. The van der Waals surface area contributed by atoms with Gasteiger partial charge in [0.2, 0.25) is 0 Å². The molecule has 0 saturated heterocycles. The largest absolute Gasteiger partial charge is 0.494 e. The zero-order chi connectivity index (χ0) is 14.8. The lowest BCUT2D eigenvalue weighted by Gasteiger charge is -2.02. The van der Waals surface area contributed by atoms with E-state index in [0.717, 1.165) is 28.5 Å². The number of carbonyl (C=O) groups excluding carboxylic acids is 1. The van der Waals surface area contributed by atoms with Gasteiger partial charge >= 0.3 is 0 Å². The number of hydrogen-bond donors (Lipinski definition) is 1. The second kappa shape index (κ2) is 5.40. The summed E-state index contributed by atoms with van der Waals surface area (Å²) in [7, 11) is 0. The number of nitrogens with one attached hydrogen (secondary N) is 1. The minimum Gasteiger partial charge on any atom is -0.494 e. The first-order valence-corrected chi connectivity index (χ1v) is 6.72. The van der Waals surface area contributed by atoms with Gasteiger partial charge in [-0.15, -0.1) is 0 Å². The summed E-state index contributed by atoms with van der Waals surface area (Å²) >= 11 is 0. The molecule has 3 nitrogen and oxygen atoms in total. The first-order valence-electron chi connectivity index (χ1n) is 6.72. The predicted octanol–water partition coefficient (Wildman–Crippen LogP) is 4.19. The Morgan fingerprint density at radius 3 is 2.62 bits per heavy atom. The summed E-state index contributed by atoms with van der Waals surface area (Å²) < 4.78 is 18.5. The van der Waals surface area contributed by atoms with Gasteiger partial charge in [0.05, 0.1) is 12.3 Å². The molecule has 0 fully saturated rings. The van der Waals surface area contributed by atoms with Gasteiger partial charge in [-0.3, -0.25) is 4.79 Å². The highest BCUT2D eigenvalue weighted by Crippen LogP contribution is 2.31. The third-order valence-corrected chi connectivity index (χ3v) is 3.37. The molecule has 1 heterocycles. The van der Waals surface area contributed by atoms with Crippen LogP contribution in [0.1, 0.15) is 17.3 Å². The molecule has 0 aliphatic rings. The monoisotopic (exact) mass is 283 g/mol. The van der Waals surface area contributed by atoms with E-state index in [1.54, 1.807) is 12.1 Å². The van der Waals surface area contributed by atoms with Gasteiger partial charge in [-0.05, 0) is 55.0 Å². The van der Waals surface area contributed by atoms with Gasteiger partial charge < -0.3 is 9.72 Å². The Balaban J connectivity index is 2.19. The van der Waals surface area contributed by atoms with Crippen LogP contribution in [0.4, 0.5) is 4.39 Å². The van der Waals surface area contributed by atoms with Crippen molar-refractivity contribution in [2.24, 2.45) is 0 Å². The summed E-state index contributed by atoms with van der Waals surface area (Å²) in [6.45, 7) is 2.48. The first-order chi connectivity index (χ1) is 10.2. The molecule has 2 aromatic carbocycles. The summed E-state index contributed by atoms with van der Waals surface area (Å²) in [6.07, 6.45) is 0.813.